The Morgan fingerprint density at radius 1 is 1.21 bits per heavy atom. The second-order valence-corrected chi connectivity index (χ2v) is 5.10. The summed E-state index contributed by atoms with van der Waals surface area (Å²) in [5.41, 5.74) is 8.39. The summed E-state index contributed by atoms with van der Waals surface area (Å²) in [6, 6.07) is 16.9. The van der Waals surface area contributed by atoms with Gasteiger partial charge in [0, 0.05) is 6.54 Å². The molecule has 2 aromatic rings. The molecule has 0 saturated carbocycles. The van der Waals surface area contributed by atoms with Crippen LogP contribution < -0.4 is 11.1 Å². The smallest absolute Gasteiger partial charge is 0.407 e. The van der Waals surface area contributed by atoms with Crippen molar-refractivity contribution in [1.29, 1.82) is 5.26 Å². The SMILES string of the molecule is N#Cc1c(N)cccc1C=CCCNC(=O)OCc1ccccc1. The Bertz CT molecular complexity index is 749. The van der Waals surface area contributed by atoms with Gasteiger partial charge in [0.05, 0.1) is 11.3 Å². The monoisotopic (exact) mass is 321 g/mol. The average Bonchev–Trinajstić information content (AvgIpc) is 2.60. The number of rotatable bonds is 6. The zero-order valence-electron chi connectivity index (χ0n) is 13.2. The van der Waals surface area contributed by atoms with Gasteiger partial charge in [-0.2, -0.15) is 5.26 Å². The van der Waals surface area contributed by atoms with Gasteiger partial charge in [0.1, 0.15) is 12.7 Å². The number of benzene rings is 2. The van der Waals surface area contributed by atoms with Crippen molar-refractivity contribution in [2.45, 2.75) is 13.0 Å². The zero-order valence-corrected chi connectivity index (χ0v) is 13.2. The van der Waals surface area contributed by atoms with Gasteiger partial charge in [0.25, 0.3) is 0 Å². The molecule has 24 heavy (non-hydrogen) atoms. The van der Waals surface area contributed by atoms with Gasteiger partial charge in [-0.25, -0.2) is 4.79 Å². The van der Waals surface area contributed by atoms with Crippen molar-refractivity contribution >= 4 is 17.9 Å². The number of nitriles is 1. The number of hydrogen-bond acceptors (Lipinski definition) is 4. The molecule has 0 saturated heterocycles. The van der Waals surface area contributed by atoms with E-state index in [9.17, 15) is 4.79 Å². The third kappa shape index (κ3) is 5.18. The van der Waals surface area contributed by atoms with E-state index in [1.807, 2.05) is 48.6 Å². The van der Waals surface area contributed by atoms with Gasteiger partial charge < -0.3 is 15.8 Å². The fourth-order valence-corrected chi connectivity index (χ4v) is 2.10. The van der Waals surface area contributed by atoms with Crippen LogP contribution in [-0.4, -0.2) is 12.6 Å². The van der Waals surface area contributed by atoms with E-state index in [4.69, 9.17) is 15.7 Å². The van der Waals surface area contributed by atoms with E-state index in [-0.39, 0.29) is 6.61 Å². The number of nitrogens with one attached hydrogen (secondary N) is 1. The quantitative estimate of drug-likeness (QED) is 0.630. The minimum atomic E-state index is -0.450. The Kier molecular flexibility index (Phi) is 6.42. The molecule has 0 radical (unpaired) electrons. The normalized spacial score (nSPS) is 10.3. The van der Waals surface area contributed by atoms with Crippen molar-refractivity contribution in [3.05, 3.63) is 71.3 Å². The number of alkyl carbamates (subject to hydrolysis) is 1. The van der Waals surface area contributed by atoms with E-state index in [2.05, 4.69) is 11.4 Å². The van der Waals surface area contributed by atoms with Crippen molar-refractivity contribution in [3.8, 4) is 6.07 Å². The number of nitrogen functional groups attached to an aromatic ring is 1. The Hall–Kier alpha value is -3.26. The maximum atomic E-state index is 11.6. The highest BCUT2D eigenvalue weighted by atomic mass is 16.5. The molecule has 0 aliphatic heterocycles. The van der Waals surface area contributed by atoms with Crippen molar-refractivity contribution < 1.29 is 9.53 Å². The lowest BCUT2D eigenvalue weighted by atomic mass is 10.1. The van der Waals surface area contributed by atoms with E-state index in [1.54, 1.807) is 12.1 Å². The Labute approximate surface area is 141 Å². The topological polar surface area (TPSA) is 88.1 Å². The molecule has 0 spiro atoms. The summed E-state index contributed by atoms with van der Waals surface area (Å²) in [6.45, 7) is 0.700. The van der Waals surface area contributed by atoms with Gasteiger partial charge in [-0.15, -0.1) is 0 Å². The second kappa shape index (κ2) is 9.01. The molecule has 0 aromatic heterocycles. The fourth-order valence-electron chi connectivity index (χ4n) is 2.10. The maximum Gasteiger partial charge on any atom is 0.407 e. The summed E-state index contributed by atoms with van der Waals surface area (Å²) in [5.74, 6) is 0. The highest BCUT2D eigenvalue weighted by Crippen LogP contribution is 2.17. The molecule has 5 nitrogen and oxygen atoms in total. The van der Waals surface area contributed by atoms with Crippen LogP contribution >= 0.6 is 0 Å². The molecular formula is C19H19N3O2. The number of nitrogens with two attached hydrogens (primary N) is 1. The van der Waals surface area contributed by atoms with Crippen molar-refractivity contribution in [3.63, 3.8) is 0 Å². The molecule has 0 fully saturated rings. The van der Waals surface area contributed by atoms with Gasteiger partial charge >= 0.3 is 6.09 Å². The fraction of sp³-hybridized carbons (Fsp3) is 0.158. The summed E-state index contributed by atoms with van der Waals surface area (Å²) in [6.07, 6.45) is 3.88. The van der Waals surface area contributed by atoms with Crippen LogP contribution in [0, 0.1) is 11.3 Å². The highest BCUT2D eigenvalue weighted by Gasteiger charge is 2.02. The van der Waals surface area contributed by atoms with E-state index < -0.39 is 6.09 Å². The number of ether oxygens (including phenoxy) is 1. The van der Waals surface area contributed by atoms with Crippen molar-refractivity contribution in [2.75, 3.05) is 12.3 Å². The number of nitrogens with zero attached hydrogens (tertiary/aromatic N) is 1. The summed E-state index contributed by atoms with van der Waals surface area (Å²) >= 11 is 0. The Morgan fingerprint density at radius 3 is 2.75 bits per heavy atom. The second-order valence-electron chi connectivity index (χ2n) is 5.10. The number of hydrogen-bond donors (Lipinski definition) is 2. The number of amides is 1. The molecule has 0 aliphatic carbocycles. The van der Waals surface area contributed by atoms with E-state index in [1.165, 1.54) is 0 Å². The van der Waals surface area contributed by atoms with Crippen LogP contribution in [0.1, 0.15) is 23.1 Å². The summed E-state index contributed by atoms with van der Waals surface area (Å²) in [7, 11) is 0. The molecule has 1 amide bonds. The van der Waals surface area contributed by atoms with Crippen LogP contribution in [0.4, 0.5) is 10.5 Å². The molecule has 0 unspecified atom stereocenters. The van der Waals surface area contributed by atoms with Crippen molar-refractivity contribution in [1.82, 2.24) is 5.32 Å². The van der Waals surface area contributed by atoms with Crippen LogP contribution in [0.25, 0.3) is 6.08 Å². The molecule has 2 rings (SSSR count). The first-order valence-electron chi connectivity index (χ1n) is 7.60. The van der Waals surface area contributed by atoms with Gasteiger partial charge in [0.2, 0.25) is 0 Å². The molecule has 0 bridgehead atoms. The standard InChI is InChI=1S/C19H19N3O2/c20-13-17-16(10-6-11-18(17)21)9-4-5-12-22-19(23)24-14-15-7-2-1-3-8-15/h1-4,6-11H,5,12,14,21H2,(H,22,23). The number of carbonyl (C=O) groups excluding carboxylic acids is 1. The van der Waals surface area contributed by atoms with Crippen molar-refractivity contribution in [2.24, 2.45) is 0 Å². The third-order valence-electron chi connectivity index (χ3n) is 3.33. The van der Waals surface area contributed by atoms with E-state index in [0.717, 1.165) is 11.1 Å². The summed E-state index contributed by atoms with van der Waals surface area (Å²) in [4.78, 5) is 11.6. The van der Waals surface area contributed by atoms with Gasteiger partial charge in [0.15, 0.2) is 0 Å². The summed E-state index contributed by atoms with van der Waals surface area (Å²) < 4.78 is 5.11. The van der Waals surface area contributed by atoms with Crippen LogP contribution in [-0.2, 0) is 11.3 Å². The Balaban J connectivity index is 1.72. The lowest BCUT2D eigenvalue weighted by molar-refractivity contribution is 0.140. The number of carbonyl (C=O) groups is 1. The number of anilines is 1. The first-order chi connectivity index (χ1) is 11.7. The van der Waals surface area contributed by atoms with E-state index in [0.29, 0.717) is 24.2 Å². The first kappa shape index (κ1) is 17.1. The predicted molar refractivity (Wildman–Crippen MR) is 93.9 cm³/mol. The van der Waals surface area contributed by atoms with E-state index >= 15 is 0 Å². The minimum Gasteiger partial charge on any atom is -0.445 e. The molecule has 2 aromatic carbocycles. The minimum absolute atomic E-state index is 0.247. The third-order valence-corrected chi connectivity index (χ3v) is 3.33. The maximum absolute atomic E-state index is 11.6. The highest BCUT2D eigenvalue weighted by molar-refractivity contribution is 5.68. The zero-order chi connectivity index (χ0) is 17.2. The molecule has 0 aliphatic rings. The van der Waals surface area contributed by atoms with Crippen LogP contribution in [0.15, 0.2) is 54.6 Å². The molecule has 0 atom stereocenters. The largest absolute Gasteiger partial charge is 0.445 e. The molecule has 3 N–H and O–H groups in total. The first-order valence-corrected chi connectivity index (χ1v) is 7.60. The predicted octanol–water partition coefficient (Wildman–Crippen LogP) is 3.47. The van der Waals surface area contributed by atoms with Crippen LogP contribution in [0.5, 0.6) is 0 Å². The average molecular weight is 321 g/mol. The molecule has 0 heterocycles. The summed E-state index contributed by atoms with van der Waals surface area (Å²) in [5, 5.41) is 11.8. The molecule has 5 heteroatoms. The van der Waals surface area contributed by atoms with Crippen LogP contribution in [0.3, 0.4) is 0 Å². The van der Waals surface area contributed by atoms with Gasteiger partial charge in [-0.1, -0.05) is 54.6 Å². The molecular weight excluding hydrogens is 302 g/mol. The Morgan fingerprint density at radius 2 is 2.00 bits per heavy atom. The van der Waals surface area contributed by atoms with Gasteiger partial charge in [-0.3, -0.25) is 0 Å². The van der Waals surface area contributed by atoms with Gasteiger partial charge in [-0.05, 0) is 23.6 Å². The van der Waals surface area contributed by atoms with Crippen LogP contribution in [0.2, 0.25) is 0 Å². The molecule has 122 valence electrons. The lowest BCUT2D eigenvalue weighted by Crippen LogP contribution is -2.24. The lowest BCUT2D eigenvalue weighted by Gasteiger charge is -2.06.